The molecule has 0 aromatic rings. The monoisotopic (exact) mass is 1380 g/mol. The second-order valence-electron chi connectivity index (χ2n) is 27.3. The molecule has 0 spiro atoms. The average molecular weight is 1380 g/mol. The van der Waals surface area contributed by atoms with Crippen molar-refractivity contribution in [2.24, 2.45) is 0 Å². The minimum absolute atomic E-state index is 0.0258. The molecule has 0 aromatic heterocycles. The minimum Gasteiger partial charge on any atom is -0.462 e. The number of quaternary nitrogens is 1. The molecule has 2 unspecified atom stereocenters. The molecule has 1 N–H and O–H groups in total. The summed E-state index contributed by atoms with van der Waals surface area (Å²) in [5.74, 6) is -0.798. The van der Waals surface area contributed by atoms with Crippen molar-refractivity contribution in [3.63, 3.8) is 0 Å². The summed E-state index contributed by atoms with van der Waals surface area (Å²) in [7, 11) is 1.47. The number of hydrogen-bond donors (Lipinski definition) is 1. The number of esters is 2. The van der Waals surface area contributed by atoms with Crippen LogP contribution >= 0.6 is 7.82 Å². The van der Waals surface area contributed by atoms with Crippen LogP contribution in [0, 0.1) is 0 Å². The maximum Gasteiger partial charge on any atom is 0.472 e. The number of hydrogen-bond acceptors (Lipinski definition) is 7. The van der Waals surface area contributed by atoms with Crippen LogP contribution in [0.3, 0.4) is 0 Å². The van der Waals surface area contributed by atoms with E-state index in [1.54, 1.807) is 0 Å². The normalized spacial score (nSPS) is 14.0. The van der Waals surface area contributed by atoms with E-state index in [1.807, 2.05) is 21.1 Å². The number of likely N-dealkylation sites (N-methyl/N-ethyl adjacent to an activating group) is 1. The second kappa shape index (κ2) is 76.5. The molecule has 0 bridgehead atoms. The Bertz CT molecular complexity index is 2270. The zero-order valence-corrected chi connectivity index (χ0v) is 64.6. The van der Waals surface area contributed by atoms with E-state index in [0.717, 1.165) is 135 Å². The Kier molecular flexibility index (Phi) is 72.9. The van der Waals surface area contributed by atoms with Gasteiger partial charge in [-0.15, -0.1) is 0 Å². The maximum atomic E-state index is 12.9. The molecular weight excluding hydrogens is 1230 g/mol. The summed E-state index contributed by atoms with van der Waals surface area (Å²) < 4.78 is 34.8. The third-order valence-corrected chi connectivity index (χ3v) is 17.7. The maximum absolute atomic E-state index is 12.9. The van der Waals surface area contributed by atoms with Crippen LogP contribution in [-0.2, 0) is 32.7 Å². The molecule has 0 rings (SSSR count). The first kappa shape index (κ1) is 93.4. The Morgan fingerprint density at radius 2 is 0.551 bits per heavy atom. The first-order valence-corrected chi connectivity index (χ1v) is 41.4. The minimum atomic E-state index is -4.41. The standard InChI is InChI=1S/C88H148NO8P/c1-6-8-10-12-14-16-18-20-22-24-26-28-30-32-34-36-38-40-41-42-43-44-45-46-47-49-51-53-55-57-59-61-63-65-67-69-71-73-75-77-79-81-88(91)97-86(85-96-98(92,93)95-83-82-89(3,4)5)84-94-87(90)80-78-76-74-72-70-68-66-64-62-60-58-56-54-52-50-48-39-37-35-33-31-29-27-25-23-21-19-17-15-13-11-9-7-2/h8-11,14-17,20-23,26-29,32-35,38-40,42-43,48,52,54,86H,6-7,12-13,18-19,24-25,30-31,36-37,41,44-47,49-51,53,55-85H2,1-5H3/p+1/b10-8-,11-9-,16-14-,17-15-,22-20-,23-21-,28-26-,29-27-,34-32-,35-33-,40-38-,43-42-,48-39-,54-52-. The van der Waals surface area contributed by atoms with Crippen molar-refractivity contribution in [3.8, 4) is 0 Å². The van der Waals surface area contributed by atoms with E-state index in [9.17, 15) is 19.0 Å². The van der Waals surface area contributed by atoms with Crippen LogP contribution in [0.5, 0.6) is 0 Å². The number of nitrogens with zero attached hydrogens (tertiary/aromatic N) is 1. The molecule has 0 aliphatic rings. The lowest BCUT2D eigenvalue weighted by molar-refractivity contribution is -0.870. The zero-order valence-electron chi connectivity index (χ0n) is 63.7. The van der Waals surface area contributed by atoms with Gasteiger partial charge in [0.2, 0.25) is 0 Å². The average Bonchev–Trinajstić information content (AvgIpc) is 1.08. The molecule has 0 heterocycles. The number of rotatable bonds is 72. The van der Waals surface area contributed by atoms with E-state index in [-0.39, 0.29) is 32.0 Å². The number of ether oxygens (including phenoxy) is 2. The van der Waals surface area contributed by atoms with Gasteiger partial charge in [0.05, 0.1) is 27.7 Å². The largest absolute Gasteiger partial charge is 0.472 e. The van der Waals surface area contributed by atoms with E-state index < -0.39 is 26.5 Å². The highest BCUT2D eigenvalue weighted by Crippen LogP contribution is 2.43. The summed E-state index contributed by atoms with van der Waals surface area (Å²) >= 11 is 0. The Hall–Kier alpha value is -4.63. The van der Waals surface area contributed by atoms with Crippen molar-refractivity contribution in [2.45, 2.75) is 328 Å². The van der Waals surface area contributed by atoms with Crippen molar-refractivity contribution in [1.82, 2.24) is 0 Å². The van der Waals surface area contributed by atoms with Gasteiger partial charge in [-0.25, -0.2) is 4.57 Å². The highest BCUT2D eigenvalue weighted by atomic mass is 31.2. The molecule has 0 fully saturated rings. The van der Waals surface area contributed by atoms with Gasteiger partial charge in [-0.05, 0) is 128 Å². The number of carbonyl (C=O) groups is 2. The Morgan fingerprint density at radius 1 is 0.316 bits per heavy atom. The van der Waals surface area contributed by atoms with E-state index in [1.165, 1.54) is 154 Å². The van der Waals surface area contributed by atoms with Crippen molar-refractivity contribution < 1.29 is 42.1 Å². The van der Waals surface area contributed by atoms with E-state index in [4.69, 9.17) is 18.5 Å². The molecule has 98 heavy (non-hydrogen) atoms. The van der Waals surface area contributed by atoms with Gasteiger partial charge >= 0.3 is 19.8 Å². The summed E-state index contributed by atoms with van der Waals surface area (Å²) in [5.41, 5.74) is 0. The molecule has 0 saturated heterocycles. The summed E-state index contributed by atoms with van der Waals surface area (Å²) in [6.07, 6.45) is 116. The molecule has 9 nitrogen and oxygen atoms in total. The van der Waals surface area contributed by atoms with Crippen molar-refractivity contribution in [2.75, 3.05) is 47.5 Å². The molecule has 558 valence electrons. The lowest BCUT2D eigenvalue weighted by Crippen LogP contribution is -2.37. The molecular formula is C88H149NO8P+. The molecule has 0 aliphatic carbocycles. The predicted molar refractivity (Wildman–Crippen MR) is 426 cm³/mol. The third kappa shape index (κ3) is 80.3. The van der Waals surface area contributed by atoms with Crippen molar-refractivity contribution in [1.29, 1.82) is 0 Å². The van der Waals surface area contributed by atoms with Gasteiger partial charge in [-0.2, -0.15) is 0 Å². The SMILES string of the molecule is CC/C=C\C/C=C\C/C=C\C/C=C\C/C=C\C/C=C\C/C=C\CCCCCCCCCCCCCCCCCCCCCC(=O)OC(COC(=O)CCCCCCCCCCCCC/C=C\C/C=C\C/C=C\C/C=C\C/C=C\C/C=C\C/C=C\CC)COP(=O)(O)OCC[N+](C)(C)C. The fourth-order valence-electron chi connectivity index (χ4n) is 10.7. The molecule has 0 aliphatic heterocycles. The van der Waals surface area contributed by atoms with Gasteiger partial charge in [0.25, 0.3) is 0 Å². The summed E-state index contributed by atoms with van der Waals surface area (Å²) in [6, 6.07) is 0. The van der Waals surface area contributed by atoms with Crippen LogP contribution in [0.25, 0.3) is 0 Å². The predicted octanol–water partition coefficient (Wildman–Crippen LogP) is 26.8. The first-order chi connectivity index (χ1) is 48.0. The highest BCUT2D eigenvalue weighted by Gasteiger charge is 2.27. The van der Waals surface area contributed by atoms with Gasteiger partial charge in [-0.1, -0.05) is 351 Å². The van der Waals surface area contributed by atoms with Crippen LogP contribution in [0.4, 0.5) is 0 Å². The lowest BCUT2D eigenvalue weighted by Gasteiger charge is -2.24. The van der Waals surface area contributed by atoms with E-state index in [2.05, 4.69) is 184 Å². The zero-order chi connectivity index (χ0) is 71.1. The van der Waals surface area contributed by atoms with E-state index >= 15 is 0 Å². The molecule has 2 atom stereocenters. The topological polar surface area (TPSA) is 108 Å². The smallest absolute Gasteiger partial charge is 0.462 e. The summed E-state index contributed by atoms with van der Waals surface area (Å²) in [5, 5.41) is 0. The Labute approximate surface area is 604 Å². The van der Waals surface area contributed by atoms with Gasteiger partial charge < -0.3 is 18.9 Å². The number of allylic oxidation sites excluding steroid dienone is 28. The van der Waals surface area contributed by atoms with Crippen LogP contribution in [0.2, 0.25) is 0 Å². The van der Waals surface area contributed by atoms with Crippen LogP contribution in [0.1, 0.15) is 322 Å². The number of unbranched alkanes of at least 4 members (excludes halogenated alkanes) is 30. The lowest BCUT2D eigenvalue weighted by atomic mass is 10.0. The van der Waals surface area contributed by atoms with Crippen LogP contribution < -0.4 is 0 Å². The van der Waals surface area contributed by atoms with Crippen molar-refractivity contribution >= 4 is 19.8 Å². The highest BCUT2D eigenvalue weighted by molar-refractivity contribution is 7.47. The van der Waals surface area contributed by atoms with Crippen LogP contribution in [-0.4, -0.2) is 74.9 Å². The Balaban J connectivity index is 4.00. The second-order valence-corrected chi connectivity index (χ2v) is 28.8. The molecule has 0 radical (unpaired) electrons. The molecule has 0 saturated carbocycles. The fourth-order valence-corrected chi connectivity index (χ4v) is 11.5. The van der Waals surface area contributed by atoms with Gasteiger partial charge in [0.15, 0.2) is 6.10 Å². The molecule has 0 aromatic carbocycles. The fraction of sp³-hybridized carbons (Fsp3) is 0.659. The number of phosphoric acid groups is 1. The Morgan fingerprint density at radius 3 is 0.816 bits per heavy atom. The molecule has 10 heteroatoms. The van der Waals surface area contributed by atoms with Gasteiger partial charge in [-0.3, -0.25) is 18.6 Å². The van der Waals surface area contributed by atoms with Crippen LogP contribution in [0.15, 0.2) is 170 Å². The third-order valence-electron chi connectivity index (χ3n) is 16.7. The number of carbonyl (C=O) groups excluding carboxylic acids is 2. The summed E-state index contributed by atoms with van der Waals surface area (Å²) in [4.78, 5) is 36.0. The van der Waals surface area contributed by atoms with Gasteiger partial charge in [0, 0.05) is 12.8 Å². The number of phosphoric ester groups is 1. The van der Waals surface area contributed by atoms with E-state index in [0.29, 0.717) is 17.4 Å². The summed E-state index contributed by atoms with van der Waals surface area (Å²) in [6.45, 7) is 4.22. The van der Waals surface area contributed by atoms with Crippen molar-refractivity contribution in [3.05, 3.63) is 170 Å². The quantitative estimate of drug-likeness (QED) is 0.0211. The first-order valence-electron chi connectivity index (χ1n) is 39.9. The molecule has 0 amide bonds. The van der Waals surface area contributed by atoms with Gasteiger partial charge in [0.1, 0.15) is 19.8 Å².